The van der Waals surface area contributed by atoms with Crippen LogP contribution in [0.4, 0.5) is 11.4 Å². The second kappa shape index (κ2) is 5.26. The van der Waals surface area contributed by atoms with Gasteiger partial charge in [0, 0.05) is 22.2 Å². The lowest BCUT2D eigenvalue weighted by Gasteiger charge is -2.18. The van der Waals surface area contributed by atoms with Crippen LogP contribution in [0, 0.1) is 6.92 Å². The molecule has 25 heavy (non-hydrogen) atoms. The van der Waals surface area contributed by atoms with Crippen LogP contribution in [0.3, 0.4) is 0 Å². The van der Waals surface area contributed by atoms with Gasteiger partial charge < -0.3 is 5.32 Å². The van der Waals surface area contributed by atoms with Gasteiger partial charge in [-0.05, 0) is 42.7 Å². The monoisotopic (exact) mass is 342 g/mol. The van der Waals surface area contributed by atoms with E-state index in [1.807, 2.05) is 48.5 Å². The Hall–Kier alpha value is -2.98. The Morgan fingerprint density at radius 3 is 2.48 bits per heavy atom. The second-order valence-electron chi connectivity index (χ2n) is 6.26. The van der Waals surface area contributed by atoms with Crippen molar-refractivity contribution < 1.29 is 4.79 Å². The van der Waals surface area contributed by atoms with Crippen LogP contribution in [0.15, 0.2) is 60.7 Å². The fourth-order valence-electron chi connectivity index (χ4n) is 3.37. The molecule has 4 aromatic rings. The molecule has 4 heteroatoms. The van der Waals surface area contributed by atoms with Crippen LogP contribution in [0.5, 0.6) is 0 Å². The first-order chi connectivity index (χ1) is 12.2. The highest BCUT2D eigenvalue weighted by Gasteiger charge is 2.29. The molecule has 120 valence electrons. The number of aryl methyl sites for hydroxylation is 1. The first-order valence-electron chi connectivity index (χ1n) is 8.12. The minimum absolute atomic E-state index is 0.0588. The summed E-state index contributed by atoms with van der Waals surface area (Å²) in [7, 11) is 0. The van der Waals surface area contributed by atoms with Crippen molar-refractivity contribution in [1.29, 1.82) is 0 Å². The lowest BCUT2D eigenvalue weighted by molar-refractivity contribution is 0.104. The molecule has 1 aliphatic rings. The molecular weight excluding hydrogens is 328 g/mol. The molecule has 0 spiro atoms. The Balaban J connectivity index is 1.75. The molecule has 1 aromatic heterocycles. The van der Waals surface area contributed by atoms with Crippen molar-refractivity contribution in [1.82, 2.24) is 4.37 Å². The third-order valence-electron chi connectivity index (χ3n) is 4.62. The molecule has 0 unspecified atom stereocenters. The van der Waals surface area contributed by atoms with Crippen LogP contribution in [0.1, 0.15) is 21.5 Å². The molecule has 0 amide bonds. The van der Waals surface area contributed by atoms with Gasteiger partial charge in [-0.3, -0.25) is 4.79 Å². The van der Waals surface area contributed by atoms with Crippen molar-refractivity contribution in [2.75, 3.05) is 5.32 Å². The predicted molar refractivity (Wildman–Crippen MR) is 103 cm³/mol. The predicted octanol–water partition coefficient (Wildman–Crippen LogP) is 5.56. The smallest absolute Gasteiger partial charge is 0.196 e. The van der Waals surface area contributed by atoms with Crippen molar-refractivity contribution in [3.63, 3.8) is 0 Å². The van der Waals surface area contributed by atoms with E-state index in [2.05, 4.69) is 28.7 Å². The van der Waals surface area contributed by atoms with E-state index in [9.17, 15) is 4.79 Å². The second-order valence-corrected chi connectivity index (χ2v) is 7.06. The summed E-state index contributed by atoms with van der Waals surface area (Å²) in [6.07, 6.45) is 0. The molecule has 0 saturated carbocycles. The van der Waals surface area contributed by atoms with E-state index < -0.39 is 0 Å². The number of anilines is 2. The van der Waals surface area contributed by atoms with Gasteiger partial charge in [0.15, 0.2) is 5.78 Å². The fraction of sp³-hybridized carbons (Fsp3) is 0.0476. The Bertz CT molecular complexity index is 1140. The third kappa shape index (κ3) is 2.11. The maximum absolute atomic E-state index is 13.2. The minimum Gasteiger partial charge on any atom is -0.355 e. The SMILES string of the molecule is Cc1ccc(Nc2ccc3snc4c3c2C(=O)c2ccccc2-4)cc1. The first kappa shape index (κ1) is 14.4. The first-order valence-corrected chi connectivity index (χ1v) is 8.90. The van der Waals surface area contributed by atoms with Crippen LogP contribution in [-0.2, 0) is 0 Å². The Morgan fingerprint density at radius 1 is 0.920 bits per heavy atom. The maximum atomic E-state index is 13.2. The third-order valence-corrected chi connectivity index (χ3v) is 5.43. The summed E-state index contributed by atoms with van der Waals surface area (Å²) in [6, 6.07) is 19.9. The highest BCUT2D eigenvalue weighted by atomic mass is 32.1. The lowest BCUT2D eigenvalue weighted by Crippen LogP contribution is -2.11. The van der Waals surface area contributed by atoms with E-state index in [1.165, 1.54) is 17.1 Å². The topological polar surface area (TPSA) is 42.0 Å². The van der Waals surface area contributed by atoms with Crippen molar-refractivity contribution in [3.05, 3.63) is 77.4 Å². The molecule has 0 saturated heterocycles. The fourth-order valence-corrected chi connectivity index (χ4v) is 4.17. The normalized spacial score (nSPS) is 12.3. The molecule has 0 atom stereocenters. The highest BCUT2D eigenvalue weighted by Crippen LogP contribution is 2.43. The average molecular weight is 342 g/mol. The number of carbonyl (C=O) groups excluding carboxylic acids is 1. The molecular formula is C21H14N2OS. The van der Waals surface area contributed by atoms with Gasteiger partial charge in [0.05, 0.1) is 21.6 Å². The molecule has 3 nitrogen and oxygen atoms in total. The van der Waals surface area contributed by atoms with Crippen molar-refractivity contribution in [3.8, 4) is 11.3 Å². The number of rotatable bonds is 2. The van der Waals surface area contributed by atoms with E-state index >= 15 is 0 Å². The van der Waals surface area contributed by atoms with Crippen LogP contribution < -0.4 is 5.32 Å². The van der Waals surface area contributed by atoms with Gasteiger partial charge in [-0.2, -0.15) is 4.37 Å². The van der Waals surface area contributed by atoms with Crippen LogP contribution in [0.2, 0.25) is 0 Å². The quantitative estimate of drug-likeness (QED) is 0.457. The number of nitrogens with one attached hydrogen (secondary N) is 1. The van der Waals surface area contributed by atoms with Gasteiger partial charge in [0.2, 0.25) is 0 Å². The molecule has 1 heterocycles. The zero-order valence-electron chi connectivity index (χ0n) is 13.5. The number of carbonyl (C=O) groups is 1. The van der Waals surface area contributed by atoms with Gasteiger partial charge >= 0.3 is 0 Å². The van der Waals surface area contributed by atoms with E-state index in [0.717, 1.165) is 43.8 Å². The van der Waals surface area contributed by atoms with Crippen molar-refractivity contribution >= 4 is 38.8 Å². The van der Waals surface area contributed by atoms with E-state index in [1.54, 1.807) is 0 Å². The van der Waals surface area contributed by atoms with Gasteiger partial charge in [-0.25, -0.2) is 0 Å². The summed E-state index contributed by atoms with van der Waals surface area (Å²) >= 11 is 1.45. The van der Waals surface area contributed by atoms with Gasteiger partial charge in [-0.15, -0.1) is 0 Å². The zero-order valence-corrected chi connectivity index (χ0v) is 14.4. The number of nitrogens with zero attached hydrogens (tertiary/aromatic N) is 1. The maximum Gasteiger partial charge on any atom is 0.196 e. The summed E-state index contributed by atoms with van der Waals surface area (Å²) in [5.74, 6) is 0.0588. The summed E-state index contributed by atoms with van der Waals surface area (Å²) in [5, 5.41) is 4.37. The van der Waals surface area contributed by atoms with Crippen LogP contribution >= 0.6 is 11.5 Å². The molecule has 5 rings (SSSR count). The standard InChI is InChI=1S/C21H14N2OS/c1-12-6-8-13(9-7-12)22-16-10-11-17-19-18(16)21(24)15-5-3-2-4-14(15)20(19)23-25-17/h2-11,22H,1H3. The van der Waals surface area contributed by atoms with Gasteiger partial charge in [-0.1, -0.05) is 42.0 Å². The average Bonchev–Trinajstić information content (AvgIpc) is 3.07. The number of hydrogen-bond acceptors (Lipinski definition) is 4. The summed E-state index contributed by atoms with van der Waals surface area (Å²) < 4.78 is 5.67. The molecule has 0 radical (unpaired) electrons. The van der Waals surface area contributed by atoms with Crippen LogP contribution in [-0.4, -0.2) is 10.2 Å². The Morgan fingerprint density at radius 2 is 1.68 bits per heavy atom. The number of hydrogen-bond donors (Lipinski definition) is 1. The van der Waals surface area contributed by atoms with E-state index in [4.69, 9.17) is 0 Å². The van der Waals surface area contributed by atoms with E-state index in [0.29, 0.717) is 0 Å². The summed E-state index contributed by atoms with van der Waals surface area (Å²) in [4.78, 5) is 13.2. The molecule has 0 fully saturated rings. The Labute approximate surface area is 149 Å². The van der Waals surface area contributed by atoms with Crippen LogP contribution in [0.25, 0.3) is 21.3 Å². The van der Waals surface area contributed by atoms with Gasteiger partial charge in [0.25, 0.3) is 0 Å². The molecule has 1 N–H and O–H groups in total. The van der Waals surface area contributed by atoms with E-state index in [-0.39, 0.29) is 5.78 Å². The number of ketones is 1. The zero-order chi connectivity index (χ0) is 17.0. The number of aromatic nitrogens is 1. The van der Waals surface area contributed by atoms with Crippen molar-refractivity contribution in [2.45, 2.75) is 6.92 Å². The largest absolute Gasteiger partial charge is 0.355 e. The number of benzene rings is 3. The molecule has 0 bridgehead atoms. The highest BCUT2D eigenvalue weighted by molar-refractivity contribution is 7.13. The summed E-state index contributed by atoms with van der Waals surface area (Å²) in [6.45, 7) is 2.06. The molecule has 0 aliphatic heterocycles. The Kier molecular flexibility index (Phi) is 3.02. The molecule has 3 aromatic carbocycles. The van der Waals surface area contributed by atoms with Gasteiger partial charge in [0.1, 0.15) is 0 Å². The molecule has 1 aliphatic carbocycles. The van der Waals surface area contributed by atoms with Crippen molar-refractivity contribution in [2.24, 2.45) is 0 Å². The minimum atomic E-state index is 0.0588. The lowest BCUT2D eigenvalue weighted by atomic mass is 9.86. The number of fused-ring (bicyclic) bond motifs is 2. The summed E-state index contributed by atoms with van der Waals surface area (Å²) in [5.41, 5.74) is 6.30.